The monoisotopic (exact) mass is 237 g/mol. The molecule has 0 heterocycles. The van der Waals surface area contributed by atoms with Crippen LogP contribution in [-0.4, -0.2) is 37.5 Å². The zero-order chi connectivity index (χ0) is 12.7. The van der Waals surface area contributed by atoms with Crippen LogP contribution in [0.4, 0.5) is 0 Å². The predicted molar refractivity (Wildman–Crippen MR) is 75.4 cm³/mol. The van der Waals surface area contributed by atoms with Crippen LogP contribution < -0.4 is 5.32 Å². The van der Waals surface area contributed by atoms with Crippen molar-refractivity contribution in [3.05, 3.63) is 12.7 Å². The Morgan fingerprint density at radius 1 is 1.59 bits per heavy atom. The van der Waals surface area contributed by atoms with Crippen LogP contribution in [0.25, 0.3) is 0 Å². The Kier molecular flexibility index (Phi) is 6.09. The number of nitrogens with one attached hydrogen (secondary N) is 1. The molecule has 98 valence electrons. The van der Waals surface area contributed by atoms with E-state index in [2.05, 4.69) is 35.8 Å². The molecule has 2 unspecified atom stereocenters. The third-order valence-electron chi connectivity index (χ3n) is 3.37. The minimum atomic E-state index is 0.663. The van der Waals surface area contributed by atoms with Crippen LogP contribution in [0.15, 0.2) is 17.6 Å². The van der Waals surface area contributed by atoms with Gasteiger partial charge < -0.3 is 10.2 Å². The normalized spacial score (nSPS) is 23.4. The molecule has 1 aliphatic rings. The third kappa shape index (κ3) is 4.80. The van der Waals surface area contributed by atoms with Crippen molar-refractivity contribution in [2.45, 2.75) is 45.1 Å². The van der Waals surface area contributed by atoms with Gasteiger partial charge in [0.05, 0.1) is 0 Å². The van der Waals surface area contributed by atoms with Crippen molar-refractivity contribution in [1.82, 2.24) is 10.2 Å². The van der Waals surface area contributed by atoms with Gasteiger partial charge in [0.25, 0.3) is 0 Å². The van der Waals surface area contributed by atoms with Gasteiger partial charge in [0, 0.05) is 26.7 Å². The predicted octanol–water partition coefficient (Wildman–Crippen LogP) is 2.65. The van der Waals surface area contributed by atoms with Gasteiger partial charge in [-0.25, -0.2) is 0 Å². The maximum Gasteiger partial charge on any atom is 0.193 e. The number of unbranched alkanes of at least 4 members (excludes halogenated alkanes) is 1. The highest BCUT2D eigenvalue weighted by Gasteiger charge is 2.36. The smallest absolute Gasteiger partial charge is 0.193 e. The fraction of sp³-hybridized carbons (Fsp3) is 0.786. The minimum absolute atomic E-state index is 0.663. The van der Waals surface area contributed by atoms with Gasteiger partial charge in [0.1, 0.15) is 0 Å². The van der Waals surface area contributed by atoms with E-state index in [1.165, 1.54) is 19.3 Å². The van der Waals surface area contributed by atoms with Gasteiger partial charge in [0.2, 0.25) is 0 Å². The topological polar surface area (TPSA) is 27.6 Å². The molecule has 1 aliphatic carbocycles. The van der Waals surface area contributed by atoms with E-state index in [1.807, 2.05) is 13.1 Å². The van der Waals surface area contributed by atoms with Gasteiger partial charge in [-0.05, 0) is 31.6 Å². The number of hydrogen-bond donors (Lipinski definition) is 1. The molecule has 1 fully saturated rings. The highest BCUT2D eigenvalue weighted by molar-refractivity contribution is 5.80. The summed E-state index contributed by atoms with van der Waals surface area (Å²) in [6.07, 6.45) is 8.13. The Morgan fingerprint density at radius 3 is 2.94 bits per heavy atom. The van der Waals surface area contributed by atoms with Crippen molar-refractivity contribution in [2.24, 2.45) is 10.9 Å². The van der Waals surface area contributed by atoms with Crippen LogP contribution >= 0.6 is 0 Å². The standard InChI is InChI=1S/C14H27N3/c1-5-7-8-10-17(4)14(15-3)16-13-11-12(13)9-6-2/h5,12-13H,1,6-11H2,2-4H3,(H,15,16). The molecule has 3 nitrogen and oxygen atoms in total. The van der Waals surface area contributed by atoms with Crippen LogP contribution in [0.5, 0.6) is 0 Å². The largest absolute Gasteiger partial charge is 0.353 e. The Labute approximate surface area is 106 Å². The van der Waals surface area contributed by atoms with E-state index < -0.39 is 0 Å². The van der Waals surface area contributed by atoms with Crippen LogP contribution in [0, 0.1) is 5.92 Å². The molecule has 2 atom stereocenters. The number of guanidine groups is 1. The fourth-order valence-corrected chi connectivity index (χ4v) is 2.20. The summed E-state index contributed by atoms with van der Waals surface area (Å²) >= 11 is 0. The van der Waals surface area contributed by atoms with Crippen molar-refractivity contribution in [3.63, 3.8) is 0 Å². The van der Waals surface area contributed by atoms with Crippen LogP contribution in [0.2, 0.25) is 0 Å². The summed E-state index contributed by atoms with van der Waals surface area (Å²) in [5, 5.41) is 3.55. The second-order valence-electron chi connectivity index (χ2n) is 4.93. The summed E-state index contributed by atoms with van der Waals surface area (Å²) in [4.78, 5) is 6.56. The number of hydrogen-bond acceptors (Lipinski definition) is 1. The van der Waals surface area contributed by atoms with E-state index in [4.69, 9.17) is 0 Å². The Balaban J connectivity index is 2.26. The molecule has 0 saturated heterocycles. The third-order valence-corrected chi connectivity index (χ3v) is 3.37. The Bertz CT molecular complexity index is 260. The Hall–Kier alpha value is -0.990. The van der Waals surface area contributed by atoms with E-state index in [0.29, 0.717) is 6.04 Å². The molecule has 0 spiro atoms. The molecule has 0 aromatic carbocycles. The lowest BCUT2D eigenvalue weighted by molar-refractivity contribution is 0.466. The van der Waals surface area contributed by atoms with E-state index in [1.54, 1.807) is 0 Å². The summed E-state index contributed by atoms with van der Waals surface area (Å²) in [7, 11) is 3.97. The molecule has 1 rings (SSSR count). The lowest BCUT2D eigenvalue weighted by Crippen LogP contribution is -2.41. The van der Waals surface area contributed by atoms with Gasteiger partial charge >= 0.3 is 0 Å². The molecular formula is C14H27N3. The van der Waals surface area contributed by atoms with Crippen LogP contribution in [-0.2, 0) is 0 Å². The van der Waals surface area contributed by atoms with Crippen molar-refractivity contribution in [3.8, 4) is 0 Å². The molecule has 3 heteroatoms. The van der Waals surface area contributed by atoms with Gasteiger partial charge in [-0.1, -0.05) is 19.4 Å². The summed E-state index contributed by atoms with van der Waals surface area (Å²) in [5.41, 5.74) is 0. The molecular weight excluding hydrogens is 210 g/mol. The van der Waals surface area contributed by atoms with Crippen molar-refractivity contribution in [2.75, 3.05) is 20.6 Å². The van der Waals surface area contributed by atoms with Gasteiger partial charge in [0.15, 0.2) is 5.96 Å². The maximum absolute atomic E-state index is 4.35. The van der Waals surface area contributed by atoms with E-state index in [9.17, 15) is 0 Å². The highest BCUT2D eigenvalue weighted by Crippen LogP contribution is 2.34. The zero-order valence-corrected chi connectivity index (χ0v) is 11.6. The average Bonchev–Trinajstić information content (AvgIpc) is 3.05. The first-order valence-electron chi connectivity index (χ1n) is 6.78. The summed E-state index contributed by atoms with van der Waals surface area (Å²) < 4.78 is 0. The molecule has 1 saturated carbocycles. The second-order valence-corrected chi connectivity index (χ2v) is 4.93. The highest BCUT2D eigenvalue weighted by atomic mass is 15.3. The zero-order valence-electron chi connectivity index (χ0n) is 11.6. The molecule has 0 aromatic heterocycles. The lowest BCUT2D eigenvalue weighted by atomic mass is 10.2. The van der Waals surface area contributed by atoms with Crippen LogP contribution in [0.3, 0.4) is 0 Å². The number of allylic oxidation sites excluding steroid dienone is 1. The first-order chi connectivity index (χ1) is 8.22. The van der Waals surface area contributed by atoms with Gasteiger partial charge in [-0.15, -0.1) is 6.58 Å². The van der Waals surface area contributed by atoms with E-state index in [0.717, 1.165) is 31.3 Å². The summed E-state index contributed by atoms with van der Waals surface area (Å²) in [6, 6.07) is 0.663. The maximum atomic E-state index is 4.35. The van der Waals surface area contributed by atoms with Crippen LogP contribution in [0.1, 0.15) is 39.0 Å². The molecule has 1 N–H and O–H groups in total. The first kappa shape index (κ1) is 14.1. The number of aliphatic imine (C=N–C) groups is 1. The molecule has 0 bridgehead atoms. The molecule has 0 amide bonds. The second kappa shape index (κ2) is 7.36. The lowest BCUT2D eigenvalue weighted by Gasteiger charge is -2.22. The molecule has 0 aromatic rings. The fourth-order valence-electron chi connectivity index (χ4n) is 2.20. The van der Waals surface area contributed by atoms with Crippen molar-refractivity contribution >= 4 is 5.96 Å². The molecule has 0 radical (unpaired) electrons. The summed E-state index contributed by atoms with van der Waals surface area (Å²) in [6.45, 7) is 7.04. The quantitative estimate of drug-likeness (QED) is 0.319. The average molecular weight is 237 g/mol. The number of rotatable bonds is 7. The van der Waals surface area contributed by atoms with E-state index >= 15 is 0 Å². The Morgan fingerprint density at radius 2 is 2.35 bits per heavy atom. The van der Waals surface area contributed by atoms with E-state index in [-0.39, 0.29) is 0 Å². The van der Waals surface area contributed by atoms with Crippen molar-refractivity contribution in [1.29, 1.82) is 0 Å². The number of nitrogens with zero attached hydrogens (tertiary/aromatic N) is 2. The molecule has 17 heavy (non-hydrogen) atoms. The van der Waals surface area contributed by atoms with Gasteiger partial charge in [-0.3, -0.25) is 4.99 Å². The summed E-state index contributed by atoms with van der Waals surface area (Å²) in [5.74, 6) is 1.91. The van der Waals surface area contributed by atoms with Crippen molar-refractivity contribution < 1.29 is 0 Å². The van der Waals surface area contributed by atoms with Gasteiger partial charge in [-0.2, -0.15) is 0 Å². The minimum Gasteiger partial charge on any atom is -0.353 e. The molecule has 0 aliphatic heterocycles. The SMILES string of the molecule is C=CCCCN(C)C(=NC)NC1CC1CCC. The first-order valence-corrected chi connectivity index (χ1v) is 6.78.